The fourth-order valence-electron chi connectivity index (χ4n) is 3.24. The van der Waals surface area contributed by atoms with E-state index in [9.17, 15) is 0 Å². The lowest BCUT2D eigenvalue weighted by molar-refractivity contribution is 0.0931. The molecule has 6 nitrogen and oxygen atoms in total. The van der Waals surface area contributed by atoms with Crippen LogP contribution in [-0.2, 0) is 11.3 Å². The zero-order valence-electron chi connectivity index (χ0n) is 18.4. The quantitative estimate of drug-likeness (QED) is 0.205. The Morgan fingerprint density at radius 3 is 2.52 bits per heavy atom. The second-order valence-corrected chi connectivity index (χ2v) is 7.84. The molecule has 0 saturated carbocycles. The third-order valence-electron chi connectivity index (χ3n) is 5.14. The average molecular weight is 518 g/mol. The van der Waals surface area contributed by atoms with Crippen molar-refractivity contribution in [3.63, 3.8) is 0 Å². The number of rotatable bonds is 11. The lowest BCUT2D eigenvalue weighted by Gasteiger charge is -2.32. The number of unbranched alkanes of at least 4 members (excludes halogenated alkanes) is 1. The summed E-state index contributed by atoms with van der Waals surface area (Å²) in [6.45, 7) is 11.4. The molecule has 166 valence electrons. The lowest BCUT2D eigenvalue weighted by Crippen LogP contribution is -2.44. The number of nitrogens with zero attached hydrogens (tertiary/aromatic N) is 3. The molecule has 0 radical (unpaired) electrons. The highest BCUT2D eigenvalue weighted by atomic mass is 127. The molecule has 2 rings (SSSR count). The number of piperazine rings is 1. The number of hydrogen-bond donors (Lipinski definition) is 2. The van der Waals surface area contributed by atoms with Gasteiger partial charge in [-0.05, 0) is 37.9 Å². The standard InChI is InChI=1S/C22H39N5O.HI/c1-20(18-28-19-21-9-5-4-6-10-21)17-25-22(23-2)24-11-7-8-12-27-15-13-26(3)14-16-27;/h4-6,9-10,20H,7-8,11-19H2,1-3H3,(H2,23,24,25);1H. The van der Waals surface area contributed by atoms with Gasteiger partial charge in [-0.2, -0.15) is 0 Å². The number of benzene rings is 1. The van der Waals surface area contributed by atoms with Gasteiger partial charge in [-0.15, -0.1) is 24.0 Å². The molecule has 29 heavy (non-hydrogen) atoms. The van der Waals surface area contributed by atoms with Crippen LogP contribution in [0.1, 0.15) is 25.3 Å². The average Bonchev–Trinajstić information content (AvgIpc) is 2.72. The van der Waals surface area contributed by atoms with Crippen molar-refractivity contribution < 1.29 is 4.74 Å². The van der Waals surface area contributed by atoms with Crippen molar-refractivity contribution in [2.24, 2.45) is 10.9 Å². The van der Waals surface area contributed by atoms with Crippen LogP contribution >= 0.6 is 24.0 Å². The molecule has 1 aromatic carbocycles. The zero-order chi connectivity index (χ0) is 20.0. The van der Waals surface area contributed by atoms with E-state index >= 15 is 0 Å². The predicted molar refractivity (Wildman–Crippen MR) is 133 cm³/mol. The molecule has 0 aromatic heterocycles. The molecule has 0 amide bonds. The monoisotopic (exact) mass is 517 g/mol. The molecular weight excluding hydrogens is 477 g/mol. The molecule has 1 aromatic rings. The van der Waals surface area contributed by atoms with Crippen molar-refractivity contribution in [1.82, 2.24) is 20.4 Å². The van der Waals surface area contributed by atoms with Gasteiger partial charge in [0.2, 0.25) is 0 Å². The molecule has 1 aliphatic heterocycles. The van der Waals surface area contributed by atoms with Gasteiger partial charge in [0.05, 0.1) is 13.2 Å². The summed E-state index contributed by atoms with van der Waals surface area (Å²) in [6, 6.07) is 10.3. The minimum atomic E-state index is 0. The number of hydrogen-bond acceptors (Lipinski definition) is 4. The summed E-state index contributed by atoms with van der Waals surface area (Å²) < 4.78 is 5.82. The van der Waals surface area contributed by atoms with Crippen LogP contribution in [0.4, 0.5) is 0 Å². The maximum absolute atomic E-state index is 5.82. The fourth-order valence-corrected chi connectivity index (χ4v) is 3.24. The molecule has 0 bridgehead atoms. The Labute approximate surface area is 194 Å². The van der Waals surface area contributed by atoms with E-state index in [1.54, 1.807) is 0 Å². The van der Waals surface area contributed by atoms with Gasteiger partial charge in [-0.1, -0.05) is 37.3 Å². The van der Waals surface area contributed by atoms with Crippen LogP contribution < -0.4 is 10.6 Å². The number of aliphatic imine (C=N–C) groups is 1. The highest BCUT2D eigenvalue weighted by molar-refractivity contribution is 14.0. The van der Waals surface area contributed by atoms with E-state index in [1.165, 1.54) is 51.1 Å². The van der Waals surface area contributed by atoms with Gasteiger partial charge >= 0.3 is 0 Å². The molecule has 2 N–H and O–H groups in total. The van der Waals surface area contributed by atoms with Gasteiger partial charge in [0.25, 0.3) is 0 Å². The van der Waals surface area contributed by atoms with E-state index in [0.717, 1.165) is 25.7 Å². The van der Waals surface area contributed by atoms with Crippen LogP contribution in [0.15, 0.2) is 35.3 Å². The minimum absolute atomic E-state index is 0. The molecule has 1 fully saturated rings. The van der Waals surface area contributed by atoms with Gasteiger partial charge in [0.1, 0.15) is 0 Å². The summed E-state index contributed by atoms with van der Waals surface area (Å²) >= 11 is 0. The van der Waals surface area contributed by atoms with E-state index in [-0.39, 0.29) is 24.0 Å². The van der Waals surface area contributed by atoms with Crippen LogP contribution in [0.2, 0.25) is 0 Å². The Morgan fingerprint density at radius 1 is 1.10 bits per heavy atom. The molecule has 0 aliphatic carbocycles. The smallest absolute Gasteiger partial charge is 0.190 e. The normalized spacial score (nSPS) is 16.9. The van der Waals surface area contributed by atoms with Gasteiger partial charge < -0.3 is 25.2 Å². The molecule has 7 heteroatoms. The molecule has 1 atom stereocenters. The molecule has 1 aliphatic rings. The second-order valence-electron chi connectivity index (χ2n) is 7.84. The van der Waals surface area contributed by atoms with Gasteiger partial charge in [-0.25, -0.2) is 0 Å². The van der Waals surface area contributed by atoms with Crippen molar-refractivity contribution in [3.05, 3.63) is 35.9 Å². The lowest BCUT2D eigenvalue weighted by atomic mass is 10.2. The molecular formula is C22H40IN5O. The van der Waals surface area contributed by atoms with Crippen molar-refractivity contribution in [1.29, 1.82) is 0 Å². The van der Waals surface area contributed by atoms with Crippen LogP contribution in [0.25, 0.3) is 0 Å². The fraction of sp³-hybridized carbons (Fsp3) is 0.682. The minimum Gasteiger partial charge on any atom is -0.376 e. The summed E-state index contributed by atoms with van der Waals surface area (Å²) in [6.07, 6.45) is 2.40. The van der Waals surface area contributed by atoms with Crippen LogP contribution in [0.5, 0.6) is 0 Å². The first-order chi connectivity index (χ1) is 13.7. The zero-order valence-corrected chi connectivity index (χ0v) is 20.7. The van der Waals surface area contributed by atoms with Crippen molar-refractivity contribution in [3.8, 4) is 0 Å². The Balaban J connectivity index is 0.00000420. The Hall–Kier alpha value is -0.900. The first-order valence-electron chi connectivity index (χ1n) is 10.6. The molecule has 1 saturated heterocycles. The Morgan fingerprint density at radius 2 is 1.83 bits per heavy atom. The first-order valence-corrected chi connectivity index (χ1v) is 10.6. The third-order valence-corrected chi connectivity index (χ3v) is 5.14. The maximum atomic E-state index is 5.82. The summed E-state index contributed by atoms with van der Waals surface area (Å²) in [5.41, 5.74) is 1.22. The number of guanidine groups is 1. The topological polar surface area (TPSA) is 52.1 Å². The van der Waals surface area contributed by atoms with E-state index in [4.69, 9.17) is 4.74 Å². The summed E-state index contributed by atoms with van der Waals surface area (Å²) in [5, 5.41) is 6.83. The van der Waals surface area contributed by atoms with E-state index in [0.29, 0.717) is 12.5 Å². The van der Waals surface area contributed by atoms with Crippen molar-refractivity contribution >= 4 is 29.9 Å². The van der Waals surface area contributed by atoms with Gasteiger partial charge in [0, 0.05) is 46.3 Å². The van der Waals surface area contributed by atoms with E-state index in [1.807, 2.05) is 25.2 Å². The second kappa shape index (κ2) is 15.9. The van der Waals surface area contributed by atoms with Gasteiger partial charge in [-0.3, -0.25) is 4.99 Å². The van der Waals surface area contributed by atoms with Crippen LogP contribution in [-0.4, -0.2) is 82.3 Å². The van der Waals surface area contributed by atoms with Crippen molar-refractivity contribution in [2.45, 2.75) is 26.4 Å². The van der Waals surface area contributed by atoms with E-state index in [2.05, 4.69) is 51.5 Å². The van der Waals surface area contributed by atoms with Crippen LogP contribution in [0.3, 0.4) is 0 Å². The number of ether oxygens (including phenoxy) is 1. The molecule has 1 heterocycles. The summed E-state index contributed by atoms with van der Waals surface area (Å²) in [7, 11) is 4.03. The predicted octanol–water partition coefficient (Wildman–Crippen LogP) is 2.65. The summed E-state index contributed by atoms with van der Waals surface area (Å²) in [5.74, 6) is 1.31. The molecule has 1 unspecified atom stereocenters. The summed E-state index contributed by atoms with van der Waals surface area (Å²) in [4.78, 5) is 9.30. The largest absolute Gasteiger partial charge is 0.376 e. The third kappa shape index (κ3) is 11.8. The van der Waals surface area contributed by atoms with Crippen molar-refractivity contribution in [2.75, 3.05) is 66.5 Å². The van der Waals surface area contributed by atoms with Crippen LogP contribution in [0, 0.1) is 5.92 Å². The number of likely N-dealkylation sites (N-methyl/N-ethyl adjacent to an activating group) is 1. The molecule has 0 spiro atoms. The highest BCUT2D eigenvalue weighted by Gasteiger charge is 2.12. The highest BCUT2D eigenvalue weighted by Crippen LogP contribution is 2.03. The Kier molecular flexibility index (Phi) is 14.3. The SMILES string of the molecule is CN=C(NCCCCN1CCN(C)CC1)NCC(C)COCc1ccccc1.I. The first kappa shape index (κ1) is 26.1. The van der Waals surface area contributed by atoms with E-state index < -0.39 is 0 Å². The Bertz CT molecular complexity index is 549. The number of nitrogens with one attached hydrogen (secondary N) is 2. The van der Waals surface area contributed by atoms with Gasteiger partial charge in [0.15, 0.2) is 5.96 Å². The number of halogens is 1. The maximum Gasteiger partial charge on any atom is 0.190 e.